The Morgan fingerprint density at radius 1 is 1.42 bits per heavy atom. The van der Waals surface area contributed by atoms with E-state index in [1.807, 2.05) is 0 Å². The molecule has 0 amide bonds. The number of rotatable bonds is 0. The molecule has 0 saturated carbocycles. The van der Waals surface area contributed by atoms with E-state index in [-0.39, 0.29) is 9.26 Å². The van der Waals surface area contributed by atoms with Gasteiger partial charge in [-0.2, -0.15) is 13.2 Å². The average molecular weight is 288 g/mol. The van der Waals surface area contributed by atoms with E-state index in [4.69, 9.17) is 5.73 Å². The first kappa shape index (κ1) is 9.56. The van der Waals surface area contributed by atoms with Gasteiger partial charge in [-0.1, -0.05) is 0 Å². The highest BCUT2D eigenvalue weighted by Crippen LogP contribution is 2.32. The fourth-order valence-corrected chi connectivity index (χ4v) is 1.28. The highest BCUT2D eigenvalue weighted by molar-refractivity contribution is 14.1. The second-order valence-corrected chi connectivity index (χ2v) is 3.14. The molecule has 0 aromatic carbocycles. The van der Waals surface area contributed by atoms with Crippen molar-refractivity contribution in [3.05, 3.63) is 21.5 Å². The van der Waals surface area contributed by atoms with Crippen molar-refractivity contribution in [3.63, 3.8) is 0 Å². The van der Waals surface area contributed by atoms with E-state index in [2.05, 4.69) is 4.98 Å². The SMILES string of the molecule is Nc1ccnc(C(F)(F)F)c1I. The van der Waals surface area contributed by atoms with Crippen molar-refractivity contribution in [1.29, 1.82) is 0 Å². The van der Waals surface area contributed by atoms with Crippen LogP contribution in [-0.2, 0) is 6.18 Å². The van der Waals surface area contributed by atoms with Gasteiger partial charge in [-0.3, -0.25) is 4.98 Å². The minimum Gasteiger partial charge on any atom is -0.398 e. The van der Waals surface area contributed by atoms with Crippen LogP contribution in [0.25, 0.3) is 0 Å². The standard InChI is InChI=1S/C6H4F3IN2/c7-6(8,9)5-4(10)3(11)1-2-12-5/h1-2H,(H2,11,12). The maximum Gasteiger partial charge on any atom is 0.434 e. The molecular weight excluding hydrogens is 284 g/mol. The highest BCUT2D eigenvalue weighted by Gasteiger charge is 2.35. The molecule has 1 heterocycles. The minimum atomic E-state index is -4.42. The van der Waals surface area contributed by atoms with E-state index in [0.717, 1.165) is 6.20 Å². The van der Waals surface area contributed by atoms with Crippen LogP contribution in [-0.4, -0.2) is 4.98 Å². The van der Waals surface area contributed by atoms with Crippen molar-refractivity contribution in [3.8, 4) is 0 Å². The molecule has 0 bridgehead atoms. The van der Waals surface area contributed by atoms with Crippen molar-refractivity contribution in [1.82, 2.24) is 4.98 Å². The third kappa shape index (κ3) is 1.79. The summed E-state index contributed by atoms with van der Waals surface area (Å²) in [6, 6.07) is 1.33. The molecule has 0 aliphatic rings. The Labute approximate surface area is 80.1 Å². The maximum atomic E-state index is 12.1. The van der Waals surface area contributed by atoms with Gasteiger partial charge in [0.15, 0.2) is 5.69 Å². The van der Waals surface area contributed by atoms with Gasteiger partial charge in [-0.25, -0.2) is 0 Å². The molecule has 1 rings (SSSR count). The van der Waals surface area contributed by atoms with Crippen LogP contribution in [0.5, 0.6) is 0 Å². The molecule has 0 atom stereocenters. The van der Waals surface area contributed by atoms with E-state index in [1.165, 1.54) is 28.7 Å². The number of nitrogens with two attached hydrogens (primary N) is 1. The molecule has 66 valence electrons. The third-order valence-electron chi connectivity index (χ3n) is 1.19. The molecular formula is C6H4F3IN2. The number of nitrogens with zero attached hydrogens (tertiary/aromatic N) is 1. The molecule has 6 heteroatoms. The number of halogens is 4. The lowest BCUT2D eigenvalue weighted by atomic mass is 10.3. The van der Waals surface area contributed by atoms with Crippen LogP contribution in [0.3, 0.4) is 0 Å². The molecule has 0 spiro atoms. The quantitative estimate of drug-likeness (QED) is 0.744. The van der Waals surface area contributed by atoms with Gasteiger partial charge in [-0.15, -0.1) is 0 Å². The number of aromatic nitrogens is 1. The molecule has 2 N–H and O–H groups in total. The van der Waals surface area contributed by atoms with E-state index in [1.54, 1.807) is 0 Å². The fourth-order valence-electron chi connectivity index (χ4n) is 0.656. The van der Waals surface area contributed by atoms with E-state index < -0.39 is 11.9 Å². The Hall–Kier alpha value is -0.530. The lowest BCUT2D eigenvalue weighted by Crippen LogP contribution is -2.11. The number of hydrogen-bond acceptors (Lipinski definition) is 2. The van der Waals surface area contributed by atoms with Crippen LogP contribution in [0, 0.1) is 3.57 Å². The number of hydrogen-bond donors (Lipinski definition) is 1. The van der Waals surface area contributed by atoms with E-state index >= 15 is 0 Å². The summed E-state index contributed by atoms with van der Waals surface area (Å²) >= 11 is 1.52. The summed E-state index contributed by atoms with van der Waals surface area (Å²) in [5.41, 5.74) is 4.44. The summed E-state index contributed by atoms with van der Waals surface area (Å²) < 4.78 is 36.3. The van der Waals surface area contributed by atoms with Crippen molar-refractivity contribution < 1.29 is 13.2 Å². The van der Waals surface area contributed by atoms with Crippen molar-refractivity contribution in [2.45, 2.75) is 6.18 Å². The van der Waals surface area contributed by atoms with Crippen LogP contribution < -0.4 is 5.73 Å². The van der Waals surface area contributed by atoms with Crippen LogP contribution in [0.2, 0.25) is 0 Å². The molecule has 1 aromatic heterocycles. The number of nitrogen functional groups attached to an aromatic ring is 1. The molecule has 0 aliphatic heterocycles. The monoisotopic (exact) mass is 288 g/mol. The molecule has 12 heavy (non-hydrogen) atoms. The van der Waals surface area contributed by atoms with Crippen molar-refractivity contribution in [2.75, 3.05) is 5.73 Å². The van der Waals surface area contributed by atoms with Gasteiger partial charge in [0.25, 0.3) is 0 Å². The zero-order valence-corrected chi connectivity index (χ0v) is 7.85. The molecule has 1 aromatic rings. The Kier molecular flexibility index (Phi) is 2.45. The van der Waals surface area contributed by atoms with Crippen LogP contribution >= 0.6 is 22.6 Å². The van der Waals surface area contributed by atoms with Crippen LogP contribution in [0.15, 0.2) is 12.3 Å². The van der Waals surface area contributed by atoms with Gasteiger partial charge >= 0.3 is 6.18 Å². The second-order valence-electron chi connectivity index (χ2n) is 2.06. The van der Waals surface area contributed by atoms with Gasteiger partial charge in [0.2, 0.25) is 0 Å². The summed E-state index contributed by atoms with van der Waals surface area (Å²) in [7, 11) is 0. The predicted molar refractivity (Wildman–Crippen MR) is 46.4 cm³/mol. The first-order chi connectivity index (χ1) is 5.43. The number of alkyl halides is 3. The predicted octanol–water partition coefficient (Wildman–Crippen LogP) is 2.29. The van der Waals surface area contributed by atoms with E-state index in [0.29, 0.717) is 0 Å². The molecule has 0 fully saturated rings. The average Bonchev–Trinajstić information content (AvgIpc) is 1.92. The smallest absolute Gasteiger partial charge is 0.398 e. The Morgan fingerprint density at radius 3 is 2.42 bits per heavy atom. The summed E-state index contributed by atoms with van der Waals surface area (Å²) in [5, 5.41) is 0. The molecule has 0 aliphatic carbocycles. The van der Waals surface area contributed by atoms with Gasteiger partial charge in [0.1, 0.15) is 0 Å². The van der Waals surface area contributed by atoms with Crippen molar-refractivity contribution in [2.24, 2.45) is 0 Å². The molecule has 0 unspecified atom stereocenters. The first-order valence-electron chi connectivity index (χ1n) is 2.90. The van der Waals surface area contributed by atoms with E-state index in [9.17, 15) is 13.2 Å². The summed E-state index contributed by atoms with van der Waals surface area (Å²) in [6.07, 6.45) is -3.38. The lowest BCUT2D eigenvalue weighted by Gasteiger charge is -2.08. The summed E-state index contributed by atoms with van der Waals surface area (Å²) in [4.78, 5) is 3.20. The van der Waals surface area contributed by atoms with Crippen LogP contribution in [0.1, 0.15) is 5.69 Å². The van der Waals surface area contributed by atoms with Crippen molar-refractivity contribution >= 4 is 28.3 Å². The van der Waals surface area contributed by atoms with Gasteiger partial charge in [0.05, 0.1) is 3.57 Å². The summed E-state index contributed by atoms with van der Waals surface area (Å²) in [5.74, 6) is 0. The third-order valence-corrected chi connectivity index (χ3v) is 2.32. The van der Waals surface area contributed by atoms with Gasteiger partial charge in [-0.05, 0) is 28.7 Å². The molecule has 0 radical (unpaired) electrons. The summed E-state index contributed by atoms with van der Waals surface area (Å²) in [6.45, 7) is 0. The Morgan fingerprint density at radius 2 is 2.00 bits per heavy atom. The van der Waals surface area contributed by atoms with Gasteiger partial charge in [0, 0.05) is 11.9 Å². The Bertz CT molecular complexity index is 297. The first-order valence-corrected chi connectivity index (χ1v) is 3.98. The zero-order chi connectivity index (χ0) is 9.35. The van der Waals surface area contributed by atoms with Crippen LogP contribution in [0.4, 0.5) is 18.9 Å². The normalized spacial score (nSPS) is 11.7. The number of anilines is 1. The molecule has 0 saturated heterocycles. The second kappa shape index (κ2) is 3.08. The zero-order valence-electron chi connectivity index (χ0n) is 5.69. The topological polar surface area (TPSA) is 38.9 Å². The lowest BCUT2D eigenvalue weighted by molar-refractivity contribution is -0.141. The Balaban J connectivity index is 3.26. The molecule has 2 nitrogen and oxygen atoms in total. The minimum absolute atomic E-state index is 0.0531. The number of pyridine rings is 1. The highest BCUT2D eigenvalue weighted by atomic mass is 127. The maximum absolute atomic E-state index is 12.1. The van der Waals surface area contributed by atoms with Gasteiger partial charge < -0.3 is 5.73 Å². The fraction of sp³-hybridized carbons (Fsp3) is 0.167. The largest absolute Gasteiger partial charge is 0.434 e.